The average Bonchev–Trinajstić information content (AvgIpc) is 3.58. The Bertz CT molecular complexity index is 1620. The third kappa shape index (κ3) is 4.47. The van der Waals surface area contributed by atoms with Crippen LogP contribution in [0.25, 0.3) is 33.8 Å². The summed E-state index contributed by atoms with van der Waals surface area (Å²) >= 11 is 0. The lowest BCUT2D eigenvalue weighted by Gasteiger charge is -2.35. The number of carbonyl (C=O) groups excluding carboxylic acids is 1. The predicted molar refractivity (Wildman–Crippen MR) is 138 cm³/mol. The van der Waals surface area contributed by atoms with Crippen molar-refractivity contribution in [2.75, 3.05) is 31.1 Å². The maximum atomic E-state index is 13.8. The quantitative estimate of drug-likeness (QED) is 0.383. The summed E-state index contributed by atoms with van der Waals surface area (Å²) in [5.41, 5.74) is 3.91. The molecule has 4 heterocycles. The van der Waals surface area contributed by atoms with Crippen LogP contribution in [0, 0.1) is 18.6 Å². The smallest absolute Gasteiger partial charge is 0.242 e. The van der Waals surface area contributed by atoms with E-state index in [1.807, 2.05) is 4.90 Å². The van der Waals surface area contributed by atoms with Crippen molar-refractivity contribution < 1.29 is 13.6 Å². The van der Waals surface area contributed by atoms with Crippen LogP contribution in [-0.2, 0) is 11.3 Å². The fourth-order valence-corrected chi connectivity index (χ4v) is 4.71. The Labute approximate surface area is 216 Å². The molecule has 1 aliphatic heterocycles. The second kappa shape index (κ2) is 9.66. The van der Waals surface area contributed by atoms with Crippen LogP contribution in [0.1, 0.15) is 5.56 Å². The highest BCUT2D eigenvalue weighted by Crippen LogP contribution is 2.27. The van der Waals surface area contributed by atoms with E-state index in [-0.39, 0.29) is 24.1 Å². The molecule has 0 radical (unpaired) electrons. The number of hydrogen-bond donors (Lipinski definition) is 1. The predicted octanol–water partition coefficient (Wildman–Crippen LogP) is 3.82. The molecule has 3 aromatic heterocycles. The number of aromatic nitrogens is 6. The van der Waals surface area contributed by atoms with E-state index in [9.17, 15) is 13.6 Å². The molecule has 1 N–H and O–H groups in total. The van der Waals surface area contributed by atoms with Crippen LogP contribution < -0.4 is 4.90 Å². The highest BCUT2D eigenvalue weighted by Gasteiger charge is 2.25. The van der Waals surface area contributed by atoms with E-state index >= 15 is 0 Å². The van der Waals surface area contributed by atoms with Gasteiger partial charge in [-0.3, -0.25) is 4.79 Å². The minimum Gasteiger partial charge on any atom is -0.351 e. The molecule has 1 fully saturated rings. The van der Waals surface area contributed by atoms with Crippen molar-refractivity contribution in [1.29, 1.82) is 0 Å². The van der Waals surface area contributed by atoms with Gasteiger partial charge in [0.25, 0.3) is 0 Å². The van der Waals surface area contributed by atoms with E-state index in [2.05, 4.69) is 24.8 Å². The van der Waals surface area contributed by atoms with Gasteiger partial charge in [0, 0.05) is 43.5 Å². The lowest BCUT2D eigenvalue weighted by molar-refractivity contribution is -0.132. The number of benzene rings is 2. The van der Waals surface area contributed by atoms with Crippen LogP contribution in [0.15, 0.2) is 61.3 Å². The SMILES string of the molecule is Cc1cc(-c2cn(CC(=O)N3CCN(c4ncnc5[nH]cnc45)CC3)c(-c3ccc(F)cc3)n2)ccc1F. The number of piperazine rings is 1. The molecular weight excluding hydrogens is 490 g/mol. The highest BCUT2D eigenvalue weighted by molar-refractivity contribution is 5.83. The first-order chi connectivity index (χ1) is 18.5. The van der Waals surface area contributed by atoms with E-state index in [0.717, 1.165) is 11.4 Å². The Balaban J connectivity index is 1.23. The van der Waals surface area contributed by atoms with Crippen molar-refractivity contribution >= 4 is 22.9 Å². The molecule has 0 unspecified atom stereocenters. The molecule has 0 saturated carbocycles. The summed E-state index contributed by atoms with van der Waals surface area (Å²) in [7, 11) is 0. The number of halogens is 2. The number of fused-ring (bicyclic) bond motifs is 1. The maximum Gasteiger partial charge on any atom is 0.242 e. The zero-order valence-corrected chi connectivity index (χ0v) is 20.6. The molecule has 11 heteroatoms. The van der Waals surface area contributed by atoms with Crippen molar-refractivity contribution in [1.82, 2.24) is 34.4 Å². The molecule has 6 rings (SSSR count). The standard InChI is InChI=1S/C27H24F2N8O/c1-17-12-19(4-7-21(17)29)22-13-37(26(34-22)18-2-5-20(28)6-3-18)14-23(38)35-8-10-36(11-9-35)27-24-25(31-15-30-24)32-16-33-27/h2-7,12-13,15-16H,8-11,14H2,1H3,(H,30,31,32,33). The normalized spacial score (nSPS) is 13.9. The van der Waals surface area contributed by atoms with Crippen molar-refractivity contribution in [3.05, 3.63) is 78.5 Å². The number of amides is 1. The number of carbonyl (C=O) groups is 1. The van der Waals surface area contributed by atoms with Gasteiger partial charge in [0.2, 0.25) is 5.91 Å². The Morgan fingerprint density at radius 3 is 2.50 bits per heavy atom. The highest BCUT2D eigenvalue weighted by atomic mass is 19.1. The number of aryl methyl sites for hydroxylation is 1. The summed E-state index contributed by atoms with van der Waals surface area (Å²) in [6.45, 7) is 4.04. The molecule has 0 bridgehead atoms. The van der Waals surface area contributed by atoms with Crippen molar-refractivity contribution in [2.45, 2.75) is 13.5 Å². The zero-order chi connectivity index (χ0) is 26.2. The molecule has 5 aromatic rings. The summed E-state index contributed by atoms with van der Waals surface area (Å²) in [6, 6.07) is 10.8. The van der Waals surface area contributed by atoms with Crippen molar-refractivity contribution in [2.24, 2.45) is 0 Å². The second-order valence-corrected chi connectivity index (χ2v) is 9.21. The molecule has 0 spiro atoms. The van der Waals surface area contributed by atoms with Crippen molar-refractivity contribution in [3.8, 4) is 22.6 Å². The average molecular weight is 515 g/mol. The van der Waals surface area contributed by atoms with E-state index in [4.69, 9.17) is 4.98 Å². The molecule has 1 aliphatic rings. The second-order valence-electron chi connectivity index (χ2n) is 9.21. The summed E-state index contributed by atoms with van der Waals surface area (Å²) < 4.78 is 29.2. The Morgan fingerprint density at radius 1 is 0.974 bits per heavy atom. The van der Waals surface area contributed by atoms with Crippen LogP contribution in [0.2, 0.25) is 0 Å². The number of anilines is 1. The first-order valence-corrected chi connectivity index (χ1v) is 12.2. The fraction of sp³-hybridized carbons (Fsp3) is 0.222. The summed E-state index contributed by atoms with van der Waals surface area (Å²) in [5, 5.41) is 0. The van der Waals surface area contributed by atoms with Crippen LogP contribution in [0.5, 0.6) is 0 Å². The van der Waals surface area contributed by atoms with Gasteiger partial charge < -0.3 is 19.4 Å². The summed E-state index contributed by atoms with van der Waals surface area (Å²) in [4.78, 5) is 37.9. The number of imidazole rings is 2. The molecule has 1 saturated heterocycles. The number of nitrogens with zero attached hydrogens (tertiary/aromatic N) is 7. The first kappa shape index (κ1) is 23.7. The monoisotopic (exact) mass is 514 g/mol. The van der Waals surface area contributed by atoms with Gasteiger partial charge in [-0.15, -0.1) is 0 Å². The minimum absolute atomic E-state index is 0.0557. The van der Waals surface area contributed by atoms with Crippen LogP contribution in [-0.4, -0.2) is 66.5 Å². The number of rotatable bonds is 5. The van der Waals surface area contributed by atoms with Gasteiger partial charge >= 0.3 is 0 Å². The molecular formula is C27H24F2N8O. The van der Waals surface area contributed by atoms with E-state index in [1.54, 1.807) is 48.3 Å². The van der Waals surface area contributed by atoms with Crippen molar-refractivity contribution in [3.63, 3.8) is 0 Å². The van der Waals surface area contributed by atoms with Gasteiger partial charge in [-0.25, -0.2) is 28.7 Å². The van der Waals surface area contributed by atoms with E-state index < -0.39 is 0 Å². The molecule has 192 valence electrons. The molecule has 1 amide bonds. The van der Waals surface area contributed by atoms with Gasteiger partial charge in [-0.05, 0) is 55.0 Å². The third-order valence-corrected chi connectivity index (χ3v) is 6.77. The van der Waals surface area contributed by atoms with E-state index in [1.165, 1.54) is 24.5 Å². The van der Waals surface area contributed by atoms with Gasteiger partial charge in [0.15, 0.2) is 11.5 Å². The van der Waals surface area contributed by atoms with Crippen LogP contribution >= 0.6 is 0 Å². The molecule has 2 aromatic carbocycles. The maximum absolute atomic E-state index is 13.8. The van der Waals surface area contributed by atoms with Crippen LogP contribution in [0.4, 0.5) is 14.6 Å². The molecule has 0 atom stereocenters. The first-order valence-electron chi connectivity index (χ1n) is 12.2. The molecule has 0 aliphatic carbocycles. The summed E-state index contributed by atoms with van der Waals surface area (Å²) in [6.07, 6.45) is 4.88. The lowest BCUT2D eigenvalue weighted by Crippen LogP contribution is -2.50. The largest absolute Gasteiger partial charge is 0.351 e. The Morgan fingerprint density at radius 2 is 1.74 bits per heavy atom. The number of hydrogen-bond acceptors (Lipinski definition) is 6. The van der Waals surface area contributed by atoms with Gasteiger partial charge in [0.1, 0.15) is 35.8 Å². The van der Waals surface area contributed by atoms with Gasteiger partial charge in [-0.1, -0.05) is 0 Å². The summed E-state index contributed by atoms with van der Waals surface area (Å²) in [5.74, 6) is 0.578. The molecule has 38 heavy (non-hydrogen) atoms. The number of aromatic amines is 1. The van der Waals surface area contributed by atoms with E-state index in [0.29, 0.717) is 60.0 Å². The third-order valence-electron chi connectivity index (χ3n) is 6.77. The van der Waals surface area contributed by atoms with Gasteiger partial charge in [0.05, 0.1) is 12.0 Å². The number of H-pyrrole nitrogens is 1. The number of nitrogens with one attached hydrogen (secondary N) is 1. The zero-order valence-electron chi connectivity index (χ0n) is 20.6. The molecule has 9 nitrogen and oxygen atoms in total. The Kier molecular flexibility index (Phi) is 6.02. The fourth-order valence-electron chi connectivity index (χ4n) is 4.71. The Hall–Kier alpha value is -4.67. The van der Waals surface area contributed by atoms with Crippen LogP contribution in [0.3, 0.4) is 0 Å². The lowest BCUT2D eigenvalue weighted by atomic mass is 10.1. The topological polar surface area (TPSA) is 95.8 Å². The van der Waals surface area contributed by atoms with Gasteiger partial charge in [-0.2, -0.15) is 0 Å². The minimum atomic E-state index is -0.356.